The van der Waals surface area contributed by atoms with Gasteiger partial charge in [-0.2, -0.15) is 0 Å². The van der Waals surface area contributed by atoms with E-state index >= 15 is 0 Å². The van der Waals surface area contributed by atoms with Crippen molar-refractivity contribution >= 4 is 11.9 Å². The number of nitrogens with zero attached hydrogens (tertiary/aromatic N) is 1. The van der Waals surface area contributed by atoms with E-state index in [1.165, 1.54) is 0 Å². The Balaban J connectivity index is 0.00000289. The number of aryl methyl sites for hydroxylation is 1. The molecule has 0 aliphatic heterocycles. The predicted octanol–water partition coefficient (Wildman–Crippen LogP) is -2.45. The quantitative estimate of drug-likeness (QED) is 0.273. The summed E-state index contributed by atoms with van der Waals surface area (Å²) < 4.78 is 6.60. The lowest BCUT2D eigenvalue weighted by atomic mass is 10.3. The van der Waals surface area contributed by atoms with Gasteiger partial charge in [0, 0.05) is 12.5 Å². The van der Waals surface area contributed by atoms with E-state index in [0.29, 0.717) is 12.0 Å². The number of carbonyl (C=O) groups is 2. The lowest BCUT2D eigenvalue weighted by Crippen LogP contribution is -3.00. The van der Waals surface area contributed by atoms with Crippen molar-refractivity contribution in [3.63, 3.8) is 0 Å². The molecule has 0 aliphatic carbocycles. The van der Waals surface area contributed by atoms with Crippen LogP contribution in [0, 0.1) is 0 Å². The molecule has 0 spiro atoms. The van der Waals surface area contributed by atoms with Crippen LogP contribution >= 0.6 is 0 Å². The maximum Gasteiger partial charge on any atom is 0.307 e. The van der Waals surface area contributed by atoms with Gasteiger partial charge in [-0.25, -0.2) is 4.57 Å². The second-order valence-corrected chi connectivity index (χ2v) is 3.67. The van der Waals surface area contributed by atoms with Crippen LogP contribution in [0.15, 0.2) is 24.5 Å². The standard InChI is InChI=1S/C12H16N2O3.HI/c1-3-5-11(15)17-9-13-12(16)10-6-4-7-14(2)8-10;/h4,6-8H,3,5,9H2,1-2H3;1H. The molecule has 1 N–H and O–H groups in total. The molecule has 0 aromatic carbocycles. The van der Waals surface area contributed by atoms with Crippen LogP contribution in [-0.2, 0) is 16.6 Å². The number of nitrogens with one attached hydrogen (secondary N) is 1. The van der Waals surface area contributed by atoms with Crippen LogP contribution in [0.25, 0.3) is 0 Å². The first-order valence-electron chi connectivity index (χ1n) is 5.52. The molecule has 1 rings (SSSR count). The molecule has 0 saturated carbocycles. The van der Waals surface area contributed by atoms with Crippen molar-refractivity contribution in [2.24, 2.45) is 7.05 Å². The summed E-state index contributed by atoms with van der Waals surface area (Å²) in [6.45, 7) is 1.81. The van der Waals surface area contributed by atoms with E-state index in [4.69, 9.17) is 4.74 Å². The zero-order chi connectivity index (χ0) is 12.7. The molecule has 0 fully saturated rings. The summed E-state index contributed by atoms with van der Waals surface area (Å²) in [5, 5.41) is 2.52. The fourth-order valence-electron chi connectivity index (χ4n) is 1.28. The molecule has 0 aliphatic rings. The van der Waals surface area contributed by atoms with Gasteiger partial charge in [0.2, 0.25) is 0 Å². The van der Waals surface area contributed by atoms with Crippen molar-refractivity contribution in [2.75, 3.05) is 6.73 Å². The molecule has 6 heteroatoms. The highest BCUT2D eigenvalue weighted by Crippen LogP contribution is 1.94. The van der Waals surface area contributed by atoms with Crippen LogP contribution in [-0.4, -0.2) is 18.6 Å². The monoisotopic (exact) mass is 364 g/mol. The summed E-state index contributed by atoms with van der Waals surface area (Å²) >= 11 is 0. The second-order valence-electron chi connectivity index (χ2n) is 3.67. The molecule has 0 radical (unpaired) electrons. The average Bonchev–Trinajstić information content (AvgIpc) is 2.29. The van der Waals surface area contributed by atoms with Gasteiger partial charge in [-0.05, 0) is 12.5 Å². The van der Waals surface area contributed by atoms with E-state index in [1.807, 2.05) is 20.2 Å². The smallest absolute Gasteiger partial charge is 0.307 e. The van der Waals surface area contributed by atoms with Crippen LogP contribution < -0.4 is 33.9 Å². The van der Waals surface area contributed by atoms with Crippen LogP contribution in [0.1, 0.15) is 30.1 Å². The molecule has 18 heavy (non-hydrogen) atoms. The molecule has 0 unspecified atom stereocenters. The second kappa shape index (κ2) is 8.84. The summed E-state index contributed by atoms with van der Waals surface area (Å²) in [6.07, 6.45) is 4.64. The van der Waals surface area contributed by atoms with Gasteiger partial charge in [-0.1, -0.05) is 6.92 Å². The first kappa shape index (κ1) is 16.8. The minimum absolute atomic E-state index is 0. The largest absolute Gasteiger partial charge is 1.00 e. The number of esters is 1. The van der Waals surface area contributed by atoms with Crippen LogP contribution in [0.5, 0.6) is 0 Å². The summed E-state index contributed by atoms with van der Waals surface area (Å²) in [4.78, 5) is 22.7. The van der Waals surface area contributed by atoms with Crippen molar-refractivity contribution in [3.8, 4) is 0 Å². The summed E-state index contributed by atoms with van der Waals surface area (Å²) in [7, 11) is 1.83. The lowest BCUT2D eigenvalue weighted by Gasteiger charge is -2.05. The number of rotatable bonds is 5. The topological polar surface area (TPSA) is 59.3 Å². The highest BCUT2D eigenvalue weighted by atomic mass is 127. The number of halogens is 1. The van der Waals surface area contributed by atoms with Gasteiger partial charge in [0.1, 0.15) is 12.6 Å². The van der Waals surface area contributed by atoms with Crippen molar-refractivity contribution < 1.29 is 42.9 Å². The Morgan fingerprint density at radius 1 is 1.44 bits per heavy atom. The Labute approximate surface area is 124 Å². The number of aromatic nitrogens is 1. The zero-order valence-electron chi connectivity index (χ0n) is 10.5. The maximum absolute atomic E-state index is 11.6. The number of pyridine rings is 1. The van der Waals surface area contributed by atoms with Gasteiger partial charge in [0.25, 0.3) is 5.91 Å². The van der Waals surface area contributed by atoms with E-state index < -0.39 is 0 Å². The summed E-state index contributed by atoms with van der Waals surface area (Å²) in [5.74, 6) is -0.558. The third-order valence-electron chi connectivity index (χ3n) is 2.12. The van der Waals surface area contributed by atoms with Crippen LogP contribution in [0.2, 0.25) is 0 Å². The van der Waals surface area contributed by atoms with E-state index in [9.17, 15) is 9.59 Å². The van der Waals surface area contributed by atoms with Crippen LogP contribution in [0.3, 0.4) is 0 Å². The van der Waals surface area contributed by atoms with Crippen LogP contribution in [0.4, 0.5) is 0 Å². The van der Waals surface area contributed by atoms with Crippen molar-refractivity contribution in [2.45, 2.75) is 19.8 Å². The number of amides is 1. The Kier molecular flexibility index (Phi) is 8.27. The first-order valence-corrected chi connectivity index (χ1v) is 5.52. The van der Waals surface area contributed by atoms with Gasteiger partial charge < -0.3 is 34.0 Å². The molecule has 1 heterocycles. The molecule has 0 atom stereocenters. The Morgan fingerprint density at radius 3 is 2.78 bits per heavy atom. The Morgan fingerprint density at radius 2 is 2.17 bits per heavy atom. The Hall–Kier alpha value is -1.18. The predicted molar refractivity (Wildman–Crippen MR) is 61.0 cm³/mol. The first-order chi connectivity index (χ1) is 8.13. The summed E-state index contributed by atoms with van der Waals surface area (Å²) in [5.41, 5.74) is 0.529. The van der Waals surface area contributed by atoms with Crippen molar-refractivity contribution in [1.29, 1.82) is 0 Å². The third-order valence-corrected chi connectivity index (χ3v) is 2.12. The molecular formula is C12H17IN2O3. The number of hydrogen-bond acceptors (Lipinski definition) is 3. The number of ether oxygens (including phenoxy) is 1. The van der Waals surface area contributed by atoms with E-state index in [1.54, 1.807) is 22.9 Å². The fourth-order valence-corrected chi connectivity index (χ4v) is 1.28. The minimum Gasteiger partial charge on any atom is -1.00 e. The summed E-state index contributed by atoms with van der Waals surface area (Å²) in [6, 6.07) is 3.47. The Bertz CT molecular complexity index is 410. The van der Waals surface area contributed by atoms with Gasteiger partial charge in [0.05, 0.1) is 0 Å². The van der Waals surface area contributed by atoms with E-state index in [0.717, 1.165) is 6.42 Å². The van der Waals surface area contributed by atoms with Gasteiger partial charge >= 0.3 is 5.97 Å². The third kappa shape index (κ3) is 5.95. The van der Waals surface area contributed by atoms with E-state index in [-0.39, 0.29) is 42.6 Å². The molecule has 1 aromatic rings. The molecule has 100 valence electrons. The SMILES string of the molecule is CCCC(=O)OCNC(=O)c1ccc[n+](C)c1.[I-]. The fraction of sp³-hybridized carbons (Fsp3) is 0.417. The molecule has 5 nitrogen and oxygen atoms in total. The van der Waals surface area contributed by atoms with Crippen molar-refractivity contribution in [3.05, 3.63) is 30.1 Å². The molecule has 0 bridgehead atoms. The van der Waals surface area contributed by atoms with Crippen molar-refractivity contribution in [1.82, 2.24) is 5.32 Å². The number of carbonyl (C=O) groups excluding carboxylic acids is 2. The normalized spacial score (nSPS) is 9.22. The molecule has 1 amide bonds. The molecule has 1 aromatic heterocycles. The minimum atomic E-state index is -0.300. The lowest BCUT2D eigenvalue weighted by molar-refractivity contribution is -0.671. The van der Waals surface area contributed by atoms with Gasteiger partial charge in [0.15, 0.2) is 19.1 Å². The maximum atomic E-state index is 11.6. The van der Waals surface area contributed by atoms with Gasteiger partial charge in [-0.15, -0.1) is 0 Å². The number of hydrogen-bond donors (Lipinski definition) is 1. The molecular weight excluding hydrogens is 347 g/mol. The zero-order valence-corrected chi connectivity index (χ0v) is 12.6. The highest BCUT2D eigenvalue weighted by molar-refractivity contribution is 5.93. The van der Waals surface area contributed by atoms with E-state index in [2.05, 4.69) is 5.32 Å². The molecule has 0 saturated heterocycles. The average molecular weight is 364 g/mol. The van der Waals surface area contributed by atoms with Gasteiger partial charge in [-0.3, -0.25) is 9.59 Å². The highest BCUT2D eigenvalue weighted by Gasteiger charge is 2.09.